The van der Waals surface area contributed by atoms with Crippen LogP contribution in [0, 0.1) is 0 Å². The molecule has 0 aliphatic heterocycles. The van der Waals surface area contributed by atoms with Gasteiger partial charge in [-0.2, -0.15) is 0 Å². The van der Waals surface area contributed by atoms with Gasteiger partial charge in [-0.05, 0) is 26.0 Å². The monoisotopic (exact) mass is 309 g/mol. The van der Waals surface area contributed by atoms with E-state index in [0.717, 1.165) is 16.8 Å². The van der Waals surface area contributed by atoms with Crippen LogP contribution in [0.1, 0.15) is 19.7 Å². The first-order chi connectivity index (χ1) is 10.1. The number of fused-ring (bicyclic) bond motifs is 1. The number of carbonyl (C=O) groups is 1. The van der Waals surface area contributed by atoms with E-state index in [2.05, 4.69) is 4.98 Å². The van der Waals surface area contributed by atoms with Crippen molar-refractivity contribution in [3.05, 3.63) is 24.0 Å². The van der Waals surface area contributed by atoms with Gasteiger partial charge in [0.1, 0.15) is 23.6 Å². The molecule has 0 atom stereocenters. The highest BCUT2D eigenvalue weighted by molar-refractivity contribution is 6.17. The van der Waals surface area contributed by atoms with Gasteiger partial charge >= 0.3 is 0 Å². The summed E-state index contributed by atoms with van der Waals surface area (Å²) in [5, 5.41) is 0. The zero-order valence-corrected chi connectivity index (χ0v) is 13.4. The normalized spacial score (nSPS) is 10.9. The summed E-state index contributed by atoms with van der Waals surface area (Å²) in [5.41, 5.74) is 1.62. The van der Waals surface area contributed by atoms with Crippen molar-refractivity contribution in [1.82, 2.24) is 14.5 Å². The van der Waals surface area contributed by atoms with Gasteiger partial charge < -0.3 is 14.2 Å². The van der Waals surface area contributed by atoms with Crippen molar-refractivity contribution in [3.8, 4) is 5.75 Å². The van der Waals surface area contributed by atoms with Crippen molar-refractivity contribution in [2.75, 3.05) is 20.2 Å². The number of hydrogen-bond acceptors (Lipinski definition) is 3. The number of benzene rings is 1. The molecule has 114 valence electrons. The summed E-state index contributed by atoms with van der Waals surface area (Å²) in [6.07, 6.45) is 0. The molecule has 0 fully saturated rings. The van der Waals surface area contributed by atoms with E-state index < -0.39 is 0 Å². The number of amides is 1. The Labute approximate surface area is 129 Å². The van der Waals surface area contributed by atoms with Crippen LogP contribution in [-0.2, 0) is 17.2 Å². The Morgan fingerprint density at radius 1 is 1.43 bits per heavy atom. The second-order valence-corrected chi connectivity index (χ2v) is 4.98. The third-order valence-electron chi connectivity index (χ3n) is 3.43. The van der Waals surface area contributed by atoms with Gasteiger partial charge in [0, 0.05) is 13.6 Å². The SMILES string of the molecule is CCOc1cccc2c1nc(CCl)n2CC(=O)N(C)CC. The molecule has 0 N–H and O–H groups in total. The van der Waals surface area contributed by atoms with E-state index in [1.165, 1.54) is 0 Å². The molecule has 0 spiro atoms. The molecule has 6 heteroatoms. The number of alkyl halides is 1. The predicted molar refractivity (Wildman–Crippen MR) is 83.8 cm³/mol. The highest BCUT2D eigenvalue weighted by Crippen LogP contribution is 2.26. The number of imidazole rings is 1. The number of halogens is 1. The van der Waals surface area contributed by atoms with Crippen LogP contribution in [-0.4, -0.2) is 40.6 Å². The van der Waals surface area contributed by atoms with Gasteiger partial charge in [-0.1, -0.05) is 6.07 Å². The minimum atomic E-state index is 0.0324. The Hall–Kier alpha value is -1.75. The van der Waals surface area contributed by atoms with Gasteiger partial charge in [0.05, 0.1) is 18.0 Å². The summed E-state index contributed by atoms with van der Waals surface area (Å²) in [7, 11) is 1.79. The van der Waals surface area contributed by atoms with Gasteiger partial charge in [-0.3, -0.25) is 4.79 Å². The lowest BCUT2D eigenvalue weighted by molar-refractivity contribution is -0.130. The predicted octanol–water partition coefficient (Wildman–Crippen LogP) is 2.65. The Kier molecular flexibility index (Phi) is 5.07. The fourth-order valence-corrected chi connectivity index (χ4v) is 2.36. The second-order valence-electron chi connectivity index (χ2n) is 4.71. The van der Waals surface area contributed by atoms with Crippen molar-refractivity contribution in [3.63, 3.8) is 0 Å². The lowest BCUT2D eigenvalue weighted by Crippen LogP contribution is -2.30. The minimum absolute atomic E-state index is 0.0324. The molecule has 0 aliphatic carbocycles. The fourth-order valence-electron chi connectivity index (χ4n) is 2.15. The van der Waals surface area contributed by atoms with Gasteiger partial charge in [-0.15, -0.1) is 11.6 Å². The summed E-state index contributed by atoms with van der Waals surface area (Å²) in [6.45, 7) is 5.35. The summed E-state index contributed by atoms with van der Waals surface area (Å²) in [5.74, 6) is 1.68. The molecular formula is C15H20ClN3O2. The highest BCUT2D eigenvalue weighted by atomic mass is 35.5. The van der Waals surface area contributed by atoms with E-state index in [4.69, 9.17) is 16.3 Å². The minimum Gasteiger partial charge on any atom is -0.492 e. The molecule has 5 nitrogen and oxygen atoms in total. The zero-order valence-electron chi connectivity index (χ0n) is 12.6. The number of rotatable bonds is 6. The van der Waals surface area contributed by atoms with Crippen LogP contribution >= 0.6 is 11.6 Å². The number of aromatic nitrogens is 2. The maximum Gasteiger partial charge on any atom is 0.242 e. The Morgan fingerprint density at radius 3 is 2.81 bits per heavy atom. The molecule has 0 saturated carbocycles. The van der Waals surface area contributed by atoms with Gasteiger partial charge in [0.15, 0.2) is 0 Å². The van der Waals surface area contributed by atoms with E-state index >= 15 is 0 Å². The third kappa shape index (κ3) is 3.13. The number of carbonyl (C=O) groups excluding carboxylic acids is 1. The van der Waals surface area contributed by atoms with Crippen LogP contribution in [0.25, 0.3) is 11.0 Å². The summed E-state index contributed by atoms with van der Waals surface area (Å²) < 4.78 is 7.45. The summed E-state index contributed by atoms with van der Waals surface area (Å²) in [4.78, 5) is 18.4. The van der Waals surface area contributed by atoms with Crippen LogP contribution < -0.4 is 4.74 Å². The Balaban J connectivity index is 2.47. The highest BCUT2D eigenvalue weighted by Gasteiger charge is 2.17. The van der Waals surface area contributed by atoms with Crippen molar-refractivity contribution in [1.29, 1.82) is 0 Å². The van der Waals surface area contributed by atoms with Crippen molar-refractivity contribution < 1.29 is 9.53 Å². The molecule has 1 heterocycles. The molecule has 1 aromatic carbocycles. The van der Waals surface area contributed by atoms with Crippen molar-refractivity contribution in [2.45, 2.75) is 26.3 Å². The Bertz CT molecular complexity index is 639. The summed E-state index contributed by atoms with van der Waals surface area (Å²) >= 11 is 5.98. The van der Waals surface area contributed by atoms with Gasteiger partial charge in [-0.25, -0.2) is 4.98 Å². The van der Waals surface area contributed by atoms with E-state index in [1.807, 2.05) is 36.6 Å². The second kappa shape index (κ2) is 6.80. The summed E-state index contributed by atoms with van der Waals surface area (Å²) in [6, 6.07) is 5.71. The number of likely N-dealkylation sites (N-methyl/N-ethyl adjacent to an activating group) is 1. The van der Waals surface area contributed by atoms with Crippen LogP contribution in [0.3, 0.4) is 0 Å². The smallest absolute Gasteiger partial charge is 0.242 e. The van der Waals surface area contributed by atoms with Crippen molar-refractivity contribution >= 4 is 28.5 Å². The zero-order chi connectivity index (χ0) is 15.4. The van der Waals surface area contributed by atoms with Crippen molar-refractivity contribution in [2.24, 2.45) is 0 Å². The molecule has 0 radical (unpaired) electrons. The van der Waals surface area contributed by atoms with Crippen LogP contribution in [0.4, 0.5) is 0 Å². The maximum atomic E-state index is 12.2. The maximum absolute atomic E-state index is 12.2. The first kappa shape index (κ1) is 15.6. The quantitative estimate of drug-likeness (QED) is 0.771. The average Bonchev–Trinajstić information content (AvgIpc) is 2.85. The van der Waals surface area contributed by atoms with Gasteiger partial charge in [0.25, 0.3) is 0 Å². The molecule has 0 unspecified atom stereocenters. The molecule has 1 amide bonds. The van der Waals surface area contributed by atoms with Gasteiger partial charge in [0.2, 0.25) is 5.91 Å². The molecule has 0 saturated heterocycles. The molecule has 2 aromatic rings. The first-order valence-corrected chi connectivity index (χ1v) is 7.56. The lowest BCUT2D eigenvalue weighted by Gasteiger charge is -2.16. The first-order valence-electron chi connectivity index (χ1n) is 7.03. The standard InChI is InChI=1S/C15H20ClN3O2/c1-4-18(3)14(20)10-19-11-7-6-8-12(21-5-2)15(11)17-13(19)9-16/h6-8H,4-5,9-10H2,1-3H3. The van der Waals surface area contributed by atoms with Crippen LogP contribution in [0.15, 0.2) is 18.2 Å². The molecule has 0 bridgehead atoms. The third-order valence-corrected chi connectivity index (χ3v) is 3.67. The molecule has 21 heavy (non-hydrogen) atoms. The van der Waals surface area contributed by atoms with E-state index in [9.17, 15) is 4.79 Å². The molecule has 0 aliphatic rings. The number of ether oxygens (including phenoxy) is 1. The molecular weight excluding hydrogens is 290 g/mol. The molecule has 1 aromatic heterocycles. The fraction of sp³-hybridized carbons (Fsp3) is 0.467. The van der Waals surface area contributed by atoms with E-state index in [1.54, 1.807) is 11.9 Å². The molecule has 2 rings (SSSR count). The topological polar surface area (TPSA) is 47.4 Å². The van der Waals surface area contributed by atoms with Crippen LogP contribution in [0.5, 0.6) is 5.75 Å². The Morgan fingerprint density at radius 2 is 2.19 bits per heavy atom. The average molecular weight is 310 g/mol. The lowest BCUT2D eigenvalue weighted by atomic mass is 10.3. The largest absolute Gasteiger partial charge is 0.492 e. The number of nitrogens with zero attached hydrogens (tertiary/aromatic N) is 3. The number of hydrogen-bond donors (Lipinski definition) is 0. The van der Waals surface area contributed by atoms with Crippen LogP contribution in [0.2, 0.25) is 0 Å². The van der Waals surface area contributed by atoms with E-state index in [-0.39, 0.29) is 18.3 Å². The van der Waals surface area contributed by atoms with E-state index in [0.29, 0.717) is 19.0 Å². The number of para-hydroxylation sites is 1.